The van der Waals surface area contributed by atoms with Gasteiger partial charge in [0.1, 0.15) is 0 Å². The van der Waals surface area contributed by atoms with Crippen LogP contribution in [0, 0.1) is 0 Å². The summed E-state index contributed by atoms with van der Waals surface area (Å²) in [5.74, 6) is -1.25. The first-order chi connectivity index (χ1) is 8.11. The lowest BCUT2D eigenvalue weighted by Crippen LogP contribution is -2.06. The summed E-state index contributed by atoms with van der Waals surface area (Å²) in [4.78, 5) is 12.2. The molecule has 1 N–H and O–H groups in total. The van der Waals surface area contributed by atoms with Crippen LogP contribution in [-0.2, 0) is 4.79 Å². The number of carbonyl (C=O) groups is 1. The summed E-state index contributed by atoms with van der Waals surface area (Å²) in [6, 6.07) is 12.1. The van der Waals surface area contributed by atoms with Crippen molar-refractivity contribution >= 4 is 28.5 Å². The summed E-state index contributed by atoms with van der Waals surface area (Å²) in [5, 5.41) is 11.2. The molecule has 0 radical (unpaired) electrons. The molecule has 0 saturated carbocycles. The molecule has 17 heavy (non-hydrogen) atoms. The number of hydrogen-bond acceptors (Lipinski definition) is 2. The lowest BCUT2D eigenvalue weighted by molar-refractivity contribution is -0.138. The van der Waals surface area contributed by atoms with Gasteiger partial charge in [-0.05, 0) is 41.6 Å². The molecule has 3 heteroatoms. The van der Waals surface area contributed by atoms with Crippen LogP contribution in [0.1, 0.15) is 18.4 Å². The van der Waals surface area contributed by atoms with Gasteiger partial charge in [0.2, 0.25) is 0 Å². The molecule has 0 bridgehead atoms. The number of thioether (sulfide) groups is 1. The van der Waals surface area contributed by atoms with Gasteiger partial charge in [-0.1, -0.05) is 24.3 Å². The number of fused-ring (bicyclic) bond motifs is 1. The van der Waals surface area contributed by atoms with Gasteiger partial charge in [0, 0.05) is 4.90 Å². The lowest BCUT2D eigenvalue weighted by Gasteiger charge is -2.08. The molecule has 2 aromatic rings. The van der Waals surface area contributed by atoms with E-state index in [4.69, 9.17) is 5.11 Å². The number of carboxylic acid groups (broad SMARTS) is 1. The fraction of sp³-hybridized carbons (Fsp3) is 0.214. The predicted molar refractivity (Wildman–Crippen MR) is 71.8 cm³/mol. The SMILES string of the molecule is CSc1ccc2cc([C@H](C)C(=O)O)ccc2c1. The molecule has 2 aromatic carbocycles. The first kappa shape index (κ1) is 12.0. The standard InChI is InChI=1S/C14H14O2S/c1-9(14(15)16)10-3-4-12-8-13(17-2)6-5-11(12)7-10/h3-9H,1-2H3,(H,15,16)/t9-/m0/s1. The van der Waals surface area contributed by atoms with Gasteiger partial charge in [0.15, 0.2) is 0 Å². The van der Waals surface area contributed by atoms with Crippen LogP contribution >= 0.6 is 11.8 Å². The smallest absolute Gasteiger partial charge is 0.310 e. The van der Waals surface area contributed by atoms with E-state index in [-0.39, 0.29) is 0 Å². The number of aliphatic carboxylic acids is 1. The highest BCUT2D eigenvalue weighted by Gasteiger charge is 2.13. The summed E-state index contributed by atoms with van der Waals surface area (Å²) in [6.45, 7) is 1.71. The van der Waals surface area contributed by atoms with Crippen LogP contribution in [-0.4, -0.2) is 17.3 Å². The number of carboxylic acids is 1. The van der Waals surface area contributed by atoms with Gasteiger partial charge in [-0.2, -0.15) is 0 Å². The zero-order valence-corrected chi connectivity index (χ0v) is 10.6. The Labute approximate surface area is 105 Å². The third-order valence-corrected chi connectivity index (χ3v) is 3.67. The van der Waals surface area contributed by atoms with Crippen LogP contribution in [0.5, 0.6) is 0 Å². The first-order valence-electron chi connectivity index (χ1n) is 5.42. The molecule has 0 aliphatic carbocycles. The highest BCUT2D eigenvalue weighted by Crippen LogP contribution is 2.25. The van der Waals surface area contributed by atoms with E-state index in [1.165, 1.54) is 4.90 Å². The summed E-state index contributed by atoms with van der Waals surface area (Å²) < 4.78 is 0. The van der Waals surface area contributed by atoms with Crippen molar-refractivity contribution in [3.05, 3.63) is 42.0 Å². The lowest BCUT2D eigenvalue weighted by atomic mass is 9.98. The summed E-state index contributed by atoms with van der Waals surface area (Å²) >= 11 is 1.70. The number of hydrogen-bond donors (Lipinski definition) is 1. The van der Waals surface area contributed by atoms with Crippen molar-refractivity contribution in [1.29, 1.82) is 0 Å². The molecular formula is C14H14O2S. The van der Waals surface area contributed by atoms with E-state index in [1.54, 1.807) is 18.7 Å². The van der Waals surface area contributed by atoms with Gasteiger partial charge in [0.05, 0.1) is 5.92 Å². The highest BCUT2D eigenvalue weighted by molar-refractivity contribution is 7.98. The molecule has 0 aromatic heterocycles. The van der Waals surface area contributed by atoms with Crippen LogP contribution < -0.4 is 0 Å². The zero-order valence-electron chi connectivity index (χ0n) is 9.81. The second-order valence-corrected chi connectivity index (χ2v) is 4.91. The Morgan fingerprint density at radius 2 is 1.82 bits per heavy atom. The van der Waals surface area contributed by atoms with Crippen LogP contribution in [0.4, 0.5) is 0 Å². The van der Waals surface area contributed by atoms with Crippen molar-refractivity contribution in [3.8, 4) is 0 Å². The first-order valence-corrected chi connectivity index (χ1v) is 6.65. The maximum atomic E-state index is 10.9. The third kappa shape index (κ3) is 2.44. The normalized spacial score (nSPS) is 12.6. The molecule has 2 nitrogen and oxygen atoms in total. The topological polar surface area (TPSA) is 37.3 Å². The van der Waals surface area contributed by atoms with Crippen molar-refractivity contribution in [2.24, 2.45) is 0 Å². The summed E-state index contributed by atoms with van der Waals surface area (Å²) in [7, 11) is 0. The number of rotatable bonds is 3. The molecule has 0 aliphatic heterocycles. The molecule has 0 heterocycles. The average Bonchev–Trinajstić information content (AvgIpc) is 2.36. The monoisotopic (exact) mass is 246 g/mol. The van der Waals surface area contributed by atoms with Crippen molar-refractivity contribution in [3.63, 3.8) is 0 Å². The van der Waals surface area contributed by atoms with Crippen molar-refractivity contribution in [2.75, 3.05) is 6.26 Å². The van der Waals surface area contributed by atoms with Crippen LogP contribution in [0.3, 0.4) is 0 Å². The molecule has 1 atom stereocenters. The van der Waals surface area contributed by atoms with E-state index in [1.807, 2.05) is 30.5 Å². The second-order valence-electron chi connectivity index (χ2n) is 4.03. The average molecular weight is 246 g/mol. The van der Waals surface area contributed by atoms with Crippen molar-refractivity contribution in [1.82, 2.24) is 0 Å². The van der Waals surface area contributed by atoms with Crippen molar-refractivity contribution in [2.45, 2.75) is 17.7 Å². The van der Waals surface area contributed by atoms with Crippen LogP contribution in [0.15, 0.2) is 41.3 Å². The third-order valence-electron chi connectivity index (χ3n) is 2.94. The molecule has 2 rings (SSSR count). The number of benzene rings is 2. The van der Waals surface area contributed by atoms with E-state index in [9.17, 15) is 4.79 Å². The quantitative estimate of drug-likeness (QED) is 0.838. The second kappa shape index (κ2) is 4.80. The van der Waals surface area contributed by atoms with Crippen molar-refractivity contribution < 1.29 is 9.90 Å². The Hall–Kier alpha value is -1.48. The van der Waals surface area contributed by atoms with Gasteiger partial charge in [-0.25, -0.2) is 0 Å². The Kier molecular flexibility index (Phi) is 3.38. The van der Waals surface area contributed by atoms with E-state index < -0.39 is 11.9 Å². The van der Waals surface area contributed by atoms with Gasteiger partial charge in [0.25, 0.3) is 0 Å². The molecular weight excluding hydrogens is 232 g/mol. The molecule has 0 saturated heterocycles. The van der Waals surface area contributed by atoms with Gasteiger partial charge in [-0.3, -0.25) is 4.79 Å². The molecule has 88 valence electrons. The Morgan fingerprint density at radius 1 is 1.18 bits per heavy atom. The van der Waals surface area contributed by atoms with Gasteiger partial charge < -0.3 is 5.11 Å². The largest absolute Gasteiger partial charge is 0.481 e. The van der Waals surface area contributed by atoms with E-state index in [2.05, 4.69) is 12.1 Å². The molecule has 0 spiro atoms. The van der Waals surface area contributed by atoms with Gasteiger partial charge in [-0.15, -0.1) is 11.8 Å². The molecule has 0 fully saturated rings. The van der Waals surface area contributed by atoms with Crippen LogP contribution in [0.25, 0.3) is 10.8 Å². The van der Waals surface area contributed by atoms with Crippen LogP contribution in [0.2, 0.25) is 0 Å². The minimum Gasteiger partial charge on any atom is -0.481 e. The van der Waals surface area contributed by atoms with E-state index >= 15 is 0 Å². The highest BCUT2D eigenvalue weighted by atomic mass is 32.2. The molecule has 0 aliphatic rings. The fourth-order valence-corrected chi connectivity index (χ4v) is 2.23. The Morgan fingerprint density at radius 3 is 2.47 bits per heavy atom. The minimum atomic E-state index is -0.787. The maximum absolute atomic E-state index is 10.9. The predicted octanol–water partition coefficient (Wildman–Crippen LogP) is 3.75. The summed E-state index contributed by atoms with van der Waals surface area (Å²) in [6.07, 6.45) is 2.04. The van der Waals surface area contributed by atoms with E-state index in [0.717, 1.165) is 16.3 Å². The maximum Gasteiger partial charge on any atom is 0.310 e. The molecule has 0 amide bonds. The Bertz CT molecular complexity index is 563. The zero-order chi connectivity index (χ0) is 12.4. The fourth-order valence-electron chi connectivity index (χ4n) is 1.78. The van der Waals surface area contributed by atoms with E-state index in [0.29, 0.717) is 0 Å². The van der Waals surface area contributed by atoms with Gasteiger partial charge >= 0.3 is 5.97 Å². The minimum absolute atomic E-state index is 0.459. The summed E-state index contributed by atoms with van der Waals surface area (Å²) in [5.41, 5.74) is 0.849. The molecule has 0 unspecified atom stereocenters. The Balaban J connectivity index is 2.48.